The van der Waals surface area contributed by atoms with Crippen LogP contribution in [0.4, 0.5) is 11.8 Å². The number of carbonyl (C=O) groups is 2. The summed E-state index contributed by atoms with van der Waals surface area (Å²) in [5.74, 6) is 0.182. The van der Waals surface area contributed by atoms with Crippen molar-refractivity contribution in [1.82, 2.24) is 29.4 Å². The van der Waals surface area contributed by atoms with E-state index in [0.29, 0.717) is 30.6 Å². The van der Waals surface area contributed by atoms with Crippen molar-refractivity contribution in [2.75, 3.05) is 11.9 Å². The highest BCUT2D eigenvalue weighted by molar-refractivity contribution is 6.31. The number of aromatic nitrogens is 5. The van der Waals surface area contributed by atoms with Gasteiger partial charge in [-0.3, -0.25) is 9.78 Å². The fourth-order valence-corrected chi connectivity index (χ4v) is 5.64. The largest absolute Gasteiger partial charge is 0.474 e. The molecule has 0 saturated heterocycles. The molecule has 0 radical (unpaired) electrons. The second-order valence-corrected chi connectivity index (χ2v) is 10.3. The second kappa shape index (κ2) is 9.42. The maximum Gasteiger partial charge on any atom is 0.394 e. The number of anilines is 2. The highest BCUT2D eigenvalue weighted by atomic mass is 16.4. The lowest BCUT2D eigenvalue weighted by atomic mass is 9.83. The number of amides is 1. The van der Waals surface area contributed by atoms with Gasteiger partial charge in [-0.2, -0.15) is 4.98 Å². The number of rotatable bonds is 4. The van der Waals surface area contributed by atoms with Crippen LogP contribution >= 0.6 is 0 Å². The molecule has 190 valence electrons. The number of nitrogens with one attached hydrogen (secondary N) is 1. The molecule has 6 rings (SSSR count). The smallest absolute Gasteiger partial charge is 0.394 e. The van der Waals surface area contributed by atoms with E-state index in [2.05, 4.69) is 26.8 Å². The molecular weight excluding hydrogens is 470 g/mol. The lowest BCUT2D eigenvalue weighted by molar-refractivity contribution is -0.156. The first kappa shape index (κ1) is 23.3. The van der Waals surface area contributed by atoms with Crippen LogP contribution in [0.15, 0.2) is 36.8 Å². The van der Waals surface area contributed by atoms with Crippen molar-refractivity contribution in [3.05, 3.63) is 48.0 Å². The predicted octanol–water partition coefficient (Wildman–Crippen LogP) is 3.91. The van der Waals surface area contributed by atoms with Crippen LogP contribution in [0.25, 0.3) is 21.9 Å². The molecule has 1 aliphatic heterocycles. The number of nitrogens with zero attached hydrogens (tertiary/aromatic N) is 6. The third-order valence-electron chi connectivity index (χ3n) is 7.74. The first-order valence-corrected chi connectivity index (χ1v) is 12.8. The summed E-state index contributed by atoms with van der Waals surface area (Å²) in [5.41, 5.74) is 3.65. The van der Waals surface area contributed by atoms with Crippen molar-refractivity contribution in [2.45, 2.75) is 52.1 Å². The lowest BCUT2D eigenvalue weighted by Gasteiger charge is -2.27. The SMILES string of the molecule is CC1CCC(Cn2c3cnccc3c3cnc(Nc4ccc5c(n4)CCN(C(=O)C(=O)O)C5)nc32)CC1. The molecule has 1 aliphatic carbocycles. The van der Waals surface area contributed by atoms with Gasteiger partial charge >= 0.3 is 11.9 Å². The van der Waals surface area contributed by atoms with Crippen molar-refractivity contribution in [3.8, 4) is 0 Å². The third-order valence-corrected chi connectivity index (χ3v) is 7.74. The van der Waals surface area contributed by atoms with Crippen LogP contribution in [0.1, 0.15) is 43.9 Å². The molecule has 10 heteroatoms. The van der Waals surface area contributed by atoms with E-state index >= 15 is 0 Å². The standard InChI is InChI=1S/C27H29N7O3/c1-16-2-4-17(5-3-16)14-34-22-13-28-10-8-19(22)20-12-29-27(32-24(20)34)31-23-7-6-18-15-33(25(35)26(36)37)11-9-21(18)30-23/h6-8,10,12-13,16-17H,2-5,9,11,14-15H2,1H3,(H,36,37)(H,29,30,31,32). The highest BCUT2D eigenvalue weighted by Crippen LogP contribution is 2.33. The predicted molar refractivity (Wildman–Crippen MR) is 138 cm³/mol. The zero-order valence-corrected chi connectivity index (χ0v) is 20.7. The van der Waals surface area contributed by atoms with Gasteiger partial charge in [0.05, 0.1) is 11.7 Å². The summed E-state index contributed by atoms with van der Waals surface area (Å²) in [5, 5.41) is 14.4. The third kappa shape index (κ3) is 4.47. The van der Waals surface area contributed by atoms with Gasteiger partial charge in [0.1, 0.15) is 11.5 Å². The van der Waals surface area contributed by atoms with Crippen molar-refractivity contribution >= 4 is 45.6 Å². The minimum absolute atomic E-state index is 0.240. The van der Waals surface area contributed by atoms with Crippen LogP contribution in [0.2, 0.25) is 0 Å². The first-order valence-electron chi connectivity index (χ1n) is 12.8. The van der Waals surface area contributed by atoms with E-state index in [-0.39, 0.29) is 6.54 Å². The molecule has 0 atom stereocenters. The Morgan fingerprint density at radius 2 is 1.92 bits per heavy atom. The number of hydrogen-bond acceptors (Lipinski definition) is 7. The summed E-state index contributed by atoms with van der Waals surface area (Å²) in [7, 11) is 0. The van der Waals surface area contributed by atoms with Gasteiger partial charge in [0.15, 0.2) is 0 Å². The van der Waals surface area contributed by atoms with E-state index in [0.717, 1.165) is 45.7 Å². The Labute approximate surface area is 213 Å². The Hall–Kier alpha value is -4.08. The number of fused-ring (bicyclic) bond motifs is 4. The molecule has 0 unspecified atom stereocenters. The van der Waals surface area contributed by atoms with Crippen LogP contribution in [-0.2, 0) is 29.1 Å². The van der Waals surface area contributed by atoms with Crippen LogP contribution in [0.3, 0.4) is 0 Å². The summed E-state index contributed by atoms with van der Waals surface area (Å²) in [6.45, 7) is 3.82. The van der Waals surface area contributed by atoms with Crippen molar-refractivity contribution in [1.29, 1.82) is 0 Å². The molecule has 1 amide bonds. The number of carboxylic acids is 1. The molecule has 2 aliphatic rings. The van der Waals surface area contributed by atoms with E-state index in [4.69, 9.17) is 15.1 Å². The van der Waals surface area contributed by atoms with Crippen LogP contribution < -0.4 is 5.32 Å². The Morgan fingerprint density at radius 3 is 2.73 bits per heavy atom. The van der Waals surface area contributed by atoms with Gasteiger partial charge in [0.2, 0.25) is 5.95 Å². The van der Waals surface area contributed by atoms with Crippen LogP contribution in [-0.4, -0.2) is 52.9 Å². The molecule has 4 aromatic rings. The van der Waals surface area contributed by atoms with Gasteiger partial charge in [-0.25, -0.2) is 14.8 Å². The molecule has 5 heterocycles. The van der Waals surface area contributed by atoms with E-state index < -0.39 is 11.9 Å². The summed E-state index contributed by atoms with van der Waals surface area (Å²) in [6.07, 6.45) is 11.1. The zero-order valence-electron chi connectivity index (χ0n) is 20.7. The van der Waals surface area contributed by atoms with Crippen molar-refractivity contribution < 1.29 is 14.7 Å². The second-order valence-electron chi connectivity index (χ2n) is 10.3. The maximum absolute atomic E-state index is 11.8. The molecule has 10 nitrogen and oxygen atoms in total. The Morgan fingerprint density at radius 1 is 1.08 bits per heavy atom. The Kier molecular flexibility index (Phi) is 5.94. The summed E-state index contributed by atoms with van der Waals surface area (Å²) in [4.78, 5) is 42.8. The number of pyridine rings is 2. The van der Waals surface area contributed by atoms with E-state index in [1.165, 1.54) is 30.6 Å². The normalized spacial score (nSPS) is 19.6. The molecule has 37 heavy (non-hydrogen) atoms. The van der Waals surface area contributed by atoms with Crippen molar-refractivity contribution in [3.63, 3.8) is 0 Å². The van der Waals surface area contributed by atoms with Crippen LogP contribution in [0, 0.1) is 11.8 Å². The molecule has 4 aromatic heterocycles. The highest BCUT2D eigenvalue weighted by Gasteiger charge is 2.26. The van der Waals surface area contributed by atoms with Gasteiger partial charge in [-0.1, -0.05) is 25.8 Å². The quantitative estimate of drug-likeness (QED) is 0.405. The number of carboxylic acid groups (broad SMARTS) is 1. The summed E-state index contributed by atoms with van der Waals surface area (Å²) in [6, 6.07) is 5.71. The van der Waals surface area contributed by atoms with E-state index in [1.807, 2.05) is 36.8 Å². The number of aliphatic carboxylic acids is 1. The maximum atomic E-state index is 11.8. The van der Waals surface area contributed by atoms with Gasteiger partial charge < -0.3 is 19.9 Å². The molecule has 0 aromatic carbocycles. The van der Waals surface area contributed by atoms with Crippen molar-refractivity contribution in [2.24, 2.45) is 11.8 Å². The van der Waals surface area contributed by atoms with E-state index in [1.54, 1.807) is 0 Å². The summed E-state index contributed by atoms with van der Waals surface area (Å²) >= 11 is 0. The number of carbonyl (C=O) groups excluding carboxylic acids is 1. The first-order chi connectivity index (χ1) is 18.0. The summed E-state index contributed by atoms with van der Waals surface area (Å²) < 4.78 is 2.29. The average molecular weight is 500 g/mol. The molecule has 2 N–H and O–H groups in total. The monoisotopic (exact) mass is 499 g/mol. The van der Waals surface area contributed by atoms with Crippen LogP contribution in [0.5, 0.6) is 0 Å². The van der Waals surface area contributed by atoms with Gasteiger partial charge in [-0.05, 0) is 42.4 Å². The fraction of sp³-hybridized carbons (Fsp3) is 0.407. The zero-order chi connectivity index (χ0) is 25.5. The topological polar surface area (TPSA) is 126 Å². The molecule has 0 spiro atoms. The number of hydrogen-bond donors (Lipinski definition) is 2. The van der Waals surface area contributed by atoms with Gasteiger partial charge in [-0.15, -0.1) is 0 Å². The minimum Gasteiger partial charge on any atom is -0.474 e. The van der Waals surface area contributed by atoms with Gasteiger partial charge in [0, 0.05) is 54.9 Å². The Bertz CT molecular complexity index is 1510. The average Bonchev–Trinajstić information content (AvgIpc) is 3.22. The molecule has 1 fully saturated rings. The molecule has 1 saturated carbocycles. The Balaban J connectivity index is 1.28. The van der Waals surface area contributed by atoms with Gasteiger partial charge in [0.25, 0.3) is 0 Å². The molecule has 0 bridgehead atoms. The molecular formula is C27H29N7O3. The van der Waals surface area contributed by atoms with E-state index in [9.17, 15) is 9.59 Å². The lowest BCUT2D eigenvalue weighted by Crippen LogP contribution is -2.40. The minimum atomic E-state index is -1.44. The fourth-order valence-electron chi connectivity index (χ4n) is 5.64.